The summed E-state index contributed by atoms with van der Waals surface area (Å²) in [6, 6.07) is 6.01. The van der Waals surface area contributed by atoms with Crippen molar-refractivity contribution in [1.29, 1.82) is 0 Å². The van der Waals surface area contributed by atoms with Crippen LogP contribution in [0.15, 0.2) is 29.2 Å². The van der Waals surface area contributed by atoms with Crippen LogP contribution in [-0.2, 0) is 16.0 Å². The van der Waals surface area contributed by atoms with Crippen LogP contribution in [0, 0.1) is 3.57 Å². The van der Waals surface area contributed by atoms with Gasteiger partial charge in [-0.3, -0.25) is 9.69 Å². The van der Waals surface area contributed by atoms with Crippen LogP contribution in [0.4, 0.5) is 0 Å². The molecular weight excluding hydrogens is 483 g/mol. The van der Waals surface area contributed by atoms with E-state index in [-0.39, 0.29) is 36.0 Å². The van der Waals surface area contributed by atoms with Gasteiger partial charge in [0.2, 0.25) is 5.43 Å². The van der Waals surface area contributed by atoms with Gasteiger partial charge in [0.15, 0.2) is 0 Å². The fraction of sp³-hybridized carbons (Fsp3) is 0.474. The summed E-state index contributed by atoms with van der Waals surface area (Å²) in [5.74, 6) is -0.564. The second-order valence-corrected chi connectivity index (χ2v) is 7.65. The van der Waals surface area contributed by atoms with E-state index in [1.165, 1.54) is 0 Å². The van der Waals surface area contributed by atoms with E-state index >= 15 is 0 Å². The van der Waals surface area contributed by atoms with Crippen molar-refractivity contribution in [1.82, 2.24) is 9.47 Å². The zero-order valence-electron chi connectivity index (χ0n) is 15.4. The van der Waals surface area contributed by atoms with Gasteiger partial charge in [-0.25, -0.2) is 4.79 Å². The Balaban J connectivity index is 0.00000261. The molecule has 0 aliphatic carbocycles. The number of morpholine rings is 1. The predicted octanol–water partition coefficient (Wildman–Crippen LogP) is 2.93. The summed E-state index contributed by atoms with van der Waals surface area (Å²) >= 11 is 2.18. The molecular formula is C19H24ClIN2O4. The van der Waals surface area contributed by atoms with Gasteiger partial charge in [-0.2, -0.15) is 0 Å². The molecule has 1 fully saturated rings. The quantitative estimate of drug-likeness (QED) is 0.461. The van der Waals surface area contributed by atoms with Crippen molar-refractivity contribution in [3.63, 3.8) is 0 Å². The summed E-state index contributed by atoms with van der Waals surface area (Å²) in [4.78, 5) is 27.4. The number of pyridine rings is 1. The van der Waals surface area contributed by atoms with Gasteiger partial charge >= 0.3 is 5.97 Å². The normalized spacial score (nSPS) is 16.0. The number of hydrogen-bond donors (Lipinski definition) is 0. The van der Waals surface area contributed by atoms with Crippen molar-refractivity contribution in [2.24, 2.45) is 0 Å². The molecule has 1 atom stereocenters. The van der Waals surface area contributed by atoms with E-state index in [0.29, 0.717) is 11.9 Å². The van der Waals surface area contributed by atoms with Crippen molar-refractivity contribution in [3.8, 4) is 0 Å². The number of aromatic nitrogens is 1. The molecule has 1 aromatic heterocycles. The molecule has 1 aliphatic rings. The Morgan fingerprint density at radius 3 is 2.70 bits per heavy atom. The van der Waals surface area contributed by atoms with Gasteiger partial charge in [-0.15, -0.1) is 12.4 Å². The van der Waals surface area contributed by atoms with E-state index in [9.17, 15) is 9.59 Å². The Kier molecular flexibility index (Phi) is 8.08. The molecule has 2 aromatic rings. The average Bonchev–Trinajstić information content (AvgIpc) is 2.64. The summed E-state index contributed by atoms with van der Waals surface area (Å²) in [5.41, 5.74) is 0.659. The molecule has 27 heavy (non-hydrogen) atoms. The highest BCUT2D eigenvalue weighted by Crippen LogP contribution is 2.18. The van der Waals surface area contributed by atoms with Crippen molar-refractivity contribution < 1.29 is 14.3 Å². The smallest absolute Gasteiger partial charge is 0.343 e. The highest BCUT2D eigenvalue weighted by molar-refractivity contribution is 14.1. The molecule has 0 bridgehead atoms. The number of halogens is 2. The fourth-order valence-electron chi connectivity index (χ4n) is 3.29. The summed E-state index contributed by atoms with van der Waals surface area (Å²) in [7, 11) is 0. The predicted molar refractivity (Wildman–Crippen MR) is 116 cm³/mol. The standard InChI is InChI=1S/C19H23IN2O4.ClH/c1-3-26-19(24)16-12-22(11-13(2)21-6-8-25-9-7-21)17-5-4-14(20)10-15(17)18(16)23;/h4-5,10,12-13H,3,6-9,11H2,1-2H3;1H. The van der Waals surface area contributed by atoms with E-state index < -0.39 is 5.97 Å². The Morgan fingerprint density at radius 1 is 1.33 bits per heavy atom. The molecule has 0 radical (unpaired) electrons. The molecule has 3 rings (SSSR count). The first-order valence-corrected chi connectivity index (χ1v) is 9.90. The zero-order chi connectivity index (χ0) is 18.7. The molecule has 1 aromatic carbocycles. The summed E-state index contributed by atoms with van der Waals surface area (Å²) < 4.78 is 13.5. The molecule has 1 aliphatic heterocycles. The summed E-state index contributed by atoms with van der Waals surface area (Å²) in [6.07, 6.45) is 1.65. The molecule has 0 N–H and O–H groups in total. The molecule has 1 saturated heterocycles. The second-order valence-electron chi connectivity index (χ2n) is 6.40. The third-order valence-corrected chi connectivity index (χ3v) is 5.34. The van der Waals surface area contributed by atoms with Gasteiger partial charge in [0.1, 0.15) is 5.56 Å². The number of carbonyl (C=O) groups excluding carboxylic acids is 1. The number of hydrogen-bond acceptors (Lipinski definition) is 5. The molecule has 0 amide bonds. The van der Waals surface area contributed by atoms with Gasteiger partial charge < -0.3 is 14.0 Å². The first kappa shape index (κ1) is 22.1. The van der Waals surface area contributed by atoms with Crippen molar-refractivity contribution in [2.75, 3.05) is 32.9 Å². The van der Waals surface area contributed by atoms with Crippen LogP contribution in [0.1, 0.15) is 24.2 Å². The number of benzene rings is 1. The van der Waals surface area contributed by atoms with Gasteiger partial charge in [0.05, 0.1) is 25.3 Å². The van der Waals surface area contributed by atoms with Crippen molar-refractivity contribution in [3.05, 3.63) is 43.8 Å². The van der Waals surface area contributed by atoms with E-state index in [1.54, 1.807) is 13.1 Å². The lowest BCUT2D eigenvalue weighted by atomic mass is 10.1. The lowest BCUT2D eigenvalue weighted by molar-refractivity contribution is 0.0171. The Labute approximate surface area is 178 Å². The zero-order valence-corrected chi connectivity index (χ0v) is 18.4. The minimum absolute atomic E-state index is 0. The number of esters is 1. The SMILES string of the molecule is CCOC(=O)c1cn(CC(C)N2CCOCC2)c2ccc(I)cc2c1=O.Cl. The number of ether oxygens (including phenoxy) is 2. The van der Waals surface area contributed by atoms with Crippen LogP contribution in [0.3, 0.4) is 0 Å². The molecule has 2 heterocycles. The van der Waals surface area contributed by atoms with Gasteiger partial charge in [-0.1, -0.05) is 0 Å². The van der Waals surface area contributed by atoms with Gasteiger partial charge in [0, 0.05) is 40.8 Å². The van der Waals surface area contributed by atoms with E-state index in [0.717, 1.165) is 35.4 Å². The van der Waals surface area contributed by atoms with Crippen molar-refractivity contribution in [2.45, 2.75) is 26.4 Å². The average molecular weight is 507 g/mol. The number of carbonyl (C=O) groups is 1. The van der Waals surface area contributed by atoms with Crippen LogP contribution in [0.2, 0.25) is 0 Å². The molecule has 148 valence electrons. The lowest BCUT2D eigenvalue weighted by Gasteiger charge is -2.33. The minimum Gasteiger partial charge on any atom is -0.462 e. The molecule has 0 saturated carbocycles. The summed E-state index contributed by atoms with van der Waals surface area (Å²) in [5, 5.41) is 0.552. The third kappa shape index (κ3) is 5.01. The Hall–Kier alpha value is -1.16. The van der Waals surface area contributed by atoms with Crippen molar-refractivity contribution >= 4 is 51.9 Å². The maximum Gasteiger partial charge on any atom is 0.343 e. The number of rotatable bonds is 5. The van der Waals surface area contributed by atoms with E-state index in [4.69, 9.17) is 9.47 Å². The topological polar surface area (TPSA) is 60.8 Å². The largest absolute Gasteiger partial charge is 0.462 e. The summed E-state index contributed by atoms with van der Waals surface area (Å²) in [6.45, 7) is 8.08. The Bertz CT molecular complexity index is 865. The van der Waals surface area contributed by atoms with Crippen LogP contribution < -0.4 is 5.43 Å². The van der Waals surface area contributed by atoms with E-state index in [2.05, 4.69) is 34.4 Å². The minimum atomic E-state index is -0.564. The maximum atomic E-state index is 12.8. The van der Waals surface area contributed by atoms with Crippen LogP contribution in [0.25, 0.3) is 10.9 Å². The third-order valence-electron chi connectivity index (χ3n) is 4.67. The monoisotopic (exact) mass is 506 g/mol. The number of fused-ring (bicyclic) bond motifs is 1. The van der Waals surface area contributed by atoms with Crippen LogP contribution in [0.5, 0.6) is 0 Å². The van der Waals surface area contributed by atoms with Gasteiger partial charge in [-0.05, 0) is 54.6 Å². The van der Waals surface area contributed by atoms with E-state index in [1.807, 2.05) is 22.8 Å². The molecule has 8 heteroatoms. The second kappa shape index (κ2) is 9.86. The highest BCUT2D eigenvalue weighted by Gasteiger charge is 2.21. The van der Waals surface area contributed by atoms with Crippen LogP contribution in [-0.4, -0.2) is 54.4 Å². The molecule has 0 spiro atoms. The van der Waals surface area contributed by atoms with Gasteiger partial charge in [0.25, 0.3) is 0 Å². The Morgan fingerprint density at radius 2 is 2.04 bits per heavy atom. The molecule has 1 unspecified atom stereocenters. The first-order chi connectivity index (χ1) is 12.5. The lowest BCUT2D eigenvalue weighted by Crippen LogP contribution is -2.44. The number of nitrogens with zero attached hydrogens (tertiary/aromatic N) is 2. The highest BCUT2D eigenvalue weighted by atomic mass is 127. The maximum absolute atomic E-state index is 12.8. The fourth-order valence-corrected chi connectivity index (χ4v) is 3.78. The first-order valence-electron chi connectivity index (χ1n) is 8.83. The van der Waals surface area contributed by atoms with Crippen LogP contribution >= 0.6 is 35.0 Å². The molecule has 6 nitrogen and oxygen atoms in total.